The topological polar surface area (TPSA) is 80.9 Å². The second-order valence-electron chi connectivity index (χ2n) is 4.30. The van der Waals surface area contributed by atoms with Gasteiger partial charge in [0.1, 0.15) is 0 Å². The van der Waals surface area contributed by atoms with Gasteiger partial charge >= 0.3 is 18.3 Å². The van der Waals surface area contributed by atoms with E-state index in [-0.39, 0.29) is 6.42 Å². The Morgan fingerprint density at radius 1 is 1.47 bits per heavy atom. The summed E-state index contributed by atoms with van der Waals surface area (Å²) in [7, 11) is 0. The first-order chi connectivity index (χ1) is 8.65. The Bertz CT molecular complexity index is 465. The van der Waals surface area contributed by atoms with Gasteiger partial charge in [0, 0.05) is 0 Å². The van der Waals surface area contributed by atoms with Crippen LogP contribution in [0.25, 0.3) is 0 Å². The summed E-state index contributed by atoms with van der Waals surface area (Å²) >= 11 is 0. The Morgan fingerprint density at radius 3 is 2.47 bits per heavy atom. The third-order valence-electron chi connectivity index (χ3n) is 2.90. The van der Waals surface area contributed by atoms with Gasteiger partial charge in [0.05, 0.1) is 12.0 Å². The number of hydrogen-bond acceptors (Lipinski definition) is 4. The van der Waals surface area contributed by atoms with E-state index in [2.05, 4.69) is 15.5 Å². The fourth-order valence-electron chi connectivity index (χ4n) is 1.31. The highest BCUT2D eigenvalue weighted by Gasteiger charge is 2.49. The Morgan fingerprint density at radius 2 is 2.05 bits per heavy atom. The molecule has 0 aliphatic heterocycles. The molecule has 1 aromatic rings. The van der Waals surface area contributed by atoms with Gasteiger partial charge in [0.15, 0.2) is 0 Å². The van der Waals surface area contributed by atoms with Crippen LogP contribution in [0.2, 0.25) is 0 Å². The molecule has 10 heteroatoms. The van der Waals surface area contributed by atoms with Crippen LogP contribution in [0.4, 0.5) is 17.6 Å². The second kappa shape index (κ2) is 5.10. The third kappa shape index (κ3) is 2.82. The van der Waals surface area contributed by atoms with Crippen LogP contribution in [0.5, 0.6) is 0 Å². The summed E-state index contributed by atoms with van der Waals surface area (Å²) in [6.45, 7) is 2.30. The van der Waals surface area contributed by atoms with Crippen LogP contribution in [0.1, 0.15) is 26.1 Å². The minimum absolute atomic E-state index is 0.0991. The number of nitrogens with zero attached hydrogens (tertiary/aromatic N) is 4. The van der Waals surface area contributed by atoms with E-state index in [1.807, 2.05) is 0 Å². The molecule has 19 heavy (non-hydrogen) atoms. The highest BCUT2D eigenvalue weighted by Crippen LogP contribution is 2.34. The maximum absolute atomic E-state index is 13.2. The second-order valence-corrected chi connectivity index (χ2v) is 4.30. The van der Waals surface area contributed by atoms with Gasteiger partial charge in [-0.25, -0.2) is 13.5 Å². The van der Waals surface area contributed by atoms with Gasteiger partial charge in [-0.3, -0.25) is 4.79 Å². The van der Waals surface area contributed by atoms with Crippen molar-refractivity contribution >= 4 is 5.97 Å². The molecule has 0 saturated heterocycles. The summed E-state index contributed by atoms with van der Waals surface area (Å²) in [5.74, 6) is -7.13. The summed E-state index contributed by atoms with van der Waals surface area (Å²) in [6.07, 6.45) is -3.88. The van der Waals surface area contributed by atoms with E-state index < -0.39 is 36.1 Å². The van der Waals surface area contributed by atoms with Gasteiger partial charge in [0.25, 0.3) is 0 Å². The van der Waals surface area contributed by atoms with Crippen LogP contribution in [-0.4, -0.2) is 37.7 Å². The predicted octanol–water partition coefficient (Wildman–Crippen LogP) is 1.53. The zero-order valence-corrected chi connectivity index (χ0v) is 10.1. The lowest BCUT2D eigenvalue weighted by atomic mass is 9.88. The fraction of sp³-hybridized carbons (Fsp3) is 0.778. The Hall–Kier alpha value is -1.74. The largest absolute Gasteiger partial charge is 0.481 e. The molecule has 0 aromatic carbocycles. The van der Waals surface area contributed by atoms with Crippen molar-refractivity contribution in [2.45, 2.75) is 39.2 Å². The average Bonchev–Trinajstić information content (AvgIpc) is 2.76. The standard InChI is InChI=1S/C9H12F4N4O2/c1-3-8(2,7(18)19)4-17-6(14-15-16-17)9(12,13)5(10)11/h5H,3-4H2,1-2H3,(H,18,19). The Kier molecular flexibility index (Phi) is 4.11. The molecule has 0 amide bonds. The molecule has 0 radical (unpaired) electrons. The molecule has 0 fully saturated rings. The van der Waals surface area contributed by atoms with Crippen molar-refractivity contribution in [1.29, 1.82) is 0 Å². The number of aliphatic carboxylic acids is 1. The molecular formula is C9H12F4N4O2. The number of carboxylic acid groups (broad SMARTS) is 1. The molecule has 0 saturated carbocycles. The fourth-order valence-corrected chi connectivity index (χ4v) is 1.31. The van der Waals surface area contributed by atoms with Crippen molar-refractivity contribution in [1.82, 2.24) is 20.2 Å². The van der Waals surface area contributed by atoms with Crippen LogP contribution < -0.4 is 0 Å². The minimum atomic E-state index is -4.53. The number of carbonyl (C=O) groups is 1. The molecule has 1 atom stereocenters. The zero-order chi connectivity index (χ0) is 14.8. The molecule has 1 N–H and O–H groups in total. The van der Waals surface area contributed by atoms with Crippen LogP contribution in [0.15, 0.2) is 0 Å². The molecule has 0 aliphatic rings. The highest BCUT2D eigenvalue weighted by atomic mass is 19.3. The van der Waals surface area contributed by atoms with E-state index in [1.54, 1.807) is 0 Å². The lowest BCUT2D eigenvalue weighted by molar-refractivity contribution is -0.152. The van der Waals surface area contributed by atoms with E-state index in [0.717, 1.165) is 0 Å². The summed E-state index contributed by atoms with van der Waals surface area (Å²) in [6, 6.07) is 0. The van der Waals surface area contributed by atoms with Crippen molar-refractivity contribution in [3.05, 3.63) is 5.82 Å². The number of hydrogen-bond donors (Lipinski definition) is 1. The van der Waals surface area contributed by atoms with E-state index in [1.165, 1.54) is 13.8 Å². The number of halogens is 4. The zero-order valence-electron chi connectivity index (χ0n) is 10.1. The third-order valence-corrected chi connectivity index (χ3v) is 2.90. The molecule has 108 valence electrons. The van der Waals surface area contributed by atoms with Crippen molar-refractivity contribution in [2.75, 3.05) is 0 Å². The van der Waals surface area contributed by atoms with Gasteiger partial charge in [0.2, 0.25) is 5.82 Å². The Balaban J connectivity index is 3.12. The van der Waals surface area contributed by atoms with Gasteiger partial charge in [-0.2, -0.15) is 8.78 Å². The molecule has 1 unspecified atom stereocenters. The summed E-state index contributed by atoms with van der Waals surface area (Å²) in [4.78, 5) is 11.1. The number of rotatable bonds is 6. The van der Waals surface area contributed by atoms with Gasteiger partial charge in [-0.1, -0.05) is 6.92 Å². The minimum Gasteiger partial charge on any atom is -0.481 e. The van der Waals surface area contributed by atoms with Crippen LogP contribution in [0, 0.1) is 5.41 Å². The maximum Gasteiger partial charge on any atom is 0.367 e. The van der Waals surface area contributed by atoms with E-state index in [4.69, 9.17) is 5.11 Å². The quantitative estimate of drug-likeness (QED) is 0.801. The lowest BCUT2D eigenvalue weighted by Crippen LogP contribution is -2.36. The first-order valence-corrected chi connectivity index (χ1v) is 5.31. The van der Waals surface area contributed by atoms with Crippen LogP contribution in [-0.2, 0) is 17.3 Å². The van der Waals surface area contributed by atoms with Gasteiger partial charge in [-0.15, -0.1) is 5.10 Å². The number of alkyl halides is 4. The monoisotopic (exact) mass is 284 g/mol. The summed E-state index contributed by atoms with van der Waals surface area (Å²) in [5, 5.41) is 17.9. The smallest absolute Gasteiger partial charge is 0.367 e. The van der Waals surface area contributed by atoms with E-state index in [9.17, 15) is 22.4 Å². The number of carboxylic acids is 1. The van der Waals surface area contributed by atoms with Gasteiger partial charge < -0.3 is 5.11 Å². The summed E-state index contributed by atoms with van der Waals surface area (Å²) in [5.41, 5.74) is -1.43. The average molecular weight is 284 g/mol. The molecule has 0 bridgehead atoms. The predicted molar refractivity (Wildman–Crippen MR) is 53.7 cm³/mol. The van der Waals surface area contributed by atoms with Crippen LogP contribution >= 0.6 is 0 Å². The lowest BCUT2D eigenvalue weighted by Gasteiger charge is -2.24. The molecular weight excluding hydrogens is 272 g/mol. The van der Waals surface area contributed by atoms with Crippen LogP contribution in [0.3, 0.4) is 0 Å². The Labute approximate surface area is 105 Å². The molecule has 1 heterocycles. The molecule has 0 spiro atoms. The maximum atomic E-state index is 13.2. The van der Waals surface area contributed by atoms with E-state index in [0.29, 0.717) is 4.68 Å². The van der Waals surface area contributed by atoms with Crippen molar-refractivity contribution < 1.29 is 27.5 Å². The SMILES string of the molecule is CCC(C)(Cn1nnnc1C(F)(F)C(F)F)C(=O)O. The number of tetrazole rings is 1. The first kappa shape index (κ1) is 15.3. The molecule has 0 aliphatic carbocycles. The molecule has 1 aromatic heterocycles. The van der Waals surface area contributed by atoms with Crippen molar-refractivity contribution in [2.24, 2.45) is 5.41 Å². The molecule has 1 rings (SSSR count). The normalized spacial score (nSPS) is 15.5. The first-order valence-electron chi connectivity index (χ1n) is 5.31. The van der Waals surface area contributed by atoms with E-state index >= 15 is 0 Å². The van der Waals surface area contributed by atoms with Crippen molar-refractivity contribution in [3.8, 4) is 0 Å². The summed E-state index contributed by atoms with van der Waals surface area (Å²) < 4.78 is 51.3. The molecule has 6 nitrogen and oxygen atoms in total. The number of aromatic nitrogens is 4. The highest BCUT2D eigenvalue weighted by molar-refractivity contribution is 5.73. The van der Waals surface area contributed by atoms with Gasteiger partial charge in [-0.05, 0) is 23.8 Å². The van der Waals surface area contributed by atoms with Crippen molar-refractivity contribution in [3.63, 3.8) is 0 Å².